The van der Waals surface area contributed by atoms with E-state index in [-0.39, 0.29) is 42.2 Å². The Morgan fingerprint density at radius 1 is 1.36 bits per heavy atom. The zero-order valence-electron chi connectivity index (χ0n) is 14.6. The molecule has 0 heterocycles. The van der Waals surface area contributed by atoms with Crippen LogP contribution in [-0.2, 0) is 4.79 Å². The van der Waals surface area contributed by atoms with Crippen LogP contribution in [0.25, 0.3) is 0 Å². The fourth-order valence-electron chi connectivity index (χ4n) is 4.21. The van der Waals surface area contributed by atoms with Gasteiger partial charge in [-0.25, -0.2) is 4.39 Å². The number of benzene rings is 1. The van der Waals surface area contributed by atoms with Crippen molar-refractivity contribution in [1.82, 2.24) is 5.32 Å². The SMILES string of the molecule is CC(CNC(=O)C1CC2CCCC(C1)C2N)Oc1cccc(F)c1.Cl. The van der Waals surface area contributed by atoms with E-state index in [1.54, 1.807) is 12.1 Å². The number of fused-ring (bicyclic) bond motifs is 2. The van der Waals surface area contributed by atoms with E-state index in [0.717, 1.165) is 25.7 Å². The van der Waals surface area contributed by atoms with E-state index < -0.39 is 0 Å². The minimum atomic E-state index is -0.325. The molecule has 4 nitrogen and oxygen atoms in total. The Bertz CT molecular complexity index is 572. The second-order valence-corrected chi connectivity index (χ2v) is 7.33. The maximum atomic E-state index is 13.2. The maximum Gasteiger partial charge on any atom is 0.223 e. The molecule has 0 spiro atoms. The zero-order chi connectivity index (χ0) is 17.1. The molecule has 0 aliphatic heterocycles. The van der Waals surface area contributed by atoms with Gasteiger partial charge in [-0.1, -0.05) is 12.5 Å². The van der Waals surface area contributed by atoms with Gasteiger partial charge in [0, 0.05) is 18.0 Å². The molecule has 0 saturated heterocycles. The van der Waals surface area contributed by atoms with Gasteiger partial charge in [0.2, 0.25) is 5.91 Å². The van der Waals surface area contributed by atoms with Gasteiger partial charge in [0.05, 0.1) is 6.54 Å². The third kappa shape index (κ3) is 5.08. The van der Waals surface area contributed by atoms with Crippen molar-refractivity contribution in [3.05, 3.63) is 30.1 Å². The van der Waals surface area contributed by atoms with Crippen LogP contribution in [0, 0.1) is 23.6 Å². The first-order valence-corrected chi connectivity index (χ1v) is 8.98. The third-order valence-electron chi connectivity index (χ3n) is 5.48. The van der Waals surface area contributed by atoms with Gasteiger partial charge in [-0.3, -0.25) is 4.79 Å². The minimum Gasteiger partial charge on any atom is -0.489 e. The first-order chi connectivity index (χ1) is 11.5. The molecule has 2 fully saturated rings. The van der Waals surface area contributed by atoms with Gasteiger partial charge in [-0.2, -0.15) is 0 Å². The summed E-state index contributed by atoms with van der Waals surface area (Å²) < 4.78 is 18.8. The molecule has 3 N–H and O–H groups in total. The fraction of sp³-hybridized carbons (Fsp3) is 0.632. The number of hydrogen-bond acceptors (Lipinski definition) is 3. The molecule has 3 unspecified atom stereocenters. The van der Waals surface area contributed by atoms with Crippen molar-refractivity contribution >= 4 is 18.3 Å². The van der Waals surface area contributed by atoms with Crippen molar-refractivity contribution in [2.45, 2.75) is 51.2 Å². The molecule has 0 radical (unpaired) electrons. The molecule has 1 amide bonds. The Balaban J connectivity index is 0.00000225. The van der Waals surface area contributed by atoms with E-state index in [0.29, 0.717) is 24.1 Å². The summed E-state index contributed by atoms with van der Waals surface area (Å²) >= 11 is 0. The summed E-state index contributed by atoms with van der Waals surface area (Å²) in [5.41, 5.74) is 6.28. The number of nitrogens with one attached hydrogen (secondary N) is 1. The van der Waals surface area contributed by atoms with Crippen molar-refractivity contribution in [2.24, 2.45) is 23.5 Å². The molecular formula is C19H28ClFN2O2. The molecule has 1 aromatic carbocycles. The van der Waals surface area contributed by atoms with Crippen LogP contribution in [0.2, 0.25) is 0 Å². The number of halogens is 2. The minimum absolute atomic E-state index is 0. The summed E-state index contributed by atoms with van der Waals surface area (Å²) in [6, 6.07) is 6.33. The summed E-state index contributed by atoms with van der Waals surface area (Å²) in [6.45, 7) is 2.30. The Labute approximate surface area is 155 Å². The molecule has 1 aromatic rings. The number of rotatable bonds is 5. The molecule has 2 bridgehead atoms. The molecule has 3 rings (SSSR count). The first kappa shape index (κ1) is 20.0. The van der Waals surface area contributed by atoms with Crippen LogP contribution in [0.3, 0.4) is 0 Å². The van der Waals surface area contributed by atoms with E-state index >= 15 is 0 Å². The maximum absolute atomic E-state index is 13.2. The predicted octanol–water partition coefficient (Wildman–Crippen LogP) is 3.28. The summed E-state index contributed by atoms with van der Waals surface area (Å²) in [5, 5.41) is 2.99. The lowest BCUT2D eigenvalue weighted by Crippen LogP contribution is -2.49. The summed E-state index contributed by atoms with van der Waals surface area (Å²) in [7, 11) is 0. The molecule has 140 valence electrons. The fourth-order valence-corrected chi connectivity index (χ4v) is 4.21. The standard InChI is InChI=1S/C19H27FN2O2.ClH/c1-12(24-17-7-3-6-16(20)10-17)11-22-19(23)15-8-13-4-2-5-14(9-15)18(13)21;/h3,6-7,10,12-15,18H,2,4-5,8-9,11,21H2,1H3,(H,22,23);1H. The van der Waals surface area contributed by atoms with Gasteiger partial charge in [-0.05, 0) is 56.6 Å². The van der Waals surface area contributed by atoms with Crippen LogP contribution in [0.5, 0.6) is 5.75 Å². The van der Waals surface area contributed by atoms with Gasteiger partial charge < -0.3 is 15.8 Å². The molecule has 3 atom stereocenters. The Kier molecular flexibility index (Phi) is 7.08. The first-order valence-electron chi connectivity index (χ1n) is 8.98. The summed E-state index contributed by atoms with van der Waals surface area (Å²) in [5.74, 6) is 1.32. The average Bonchev–Trinajstić information content (AvgIpc) is 2.52. The lowest BCUT2D eigenvalue weighted by Gasteiger charge is -2.43. The molecule has 2 saturated carbocycles. The lowest BCUT2D eigenvalue weighted by molar-refractivity contribution is -0.128. The van der Waals surface area contributed by atoms with Crippen molar-refractivity contribution < 1.29 is 13.9 Å². The van der Waals surface area contributed by atoms with Gasteiger partial charge in [-0.15, -0.1) is 12.4 Å². The van der Waals surface area contributed by atoms with Crippen molar-refractivity contribution in [3.63, 3.8) is 0 Å². The van der Waals surface area contributed by atoms with Crippen LogP contribution in [0.4, 0.5) is 4.39 Å². The highest BCUT2D eigenvalue weighted by Crippen LogP contribution is 2.41. The Morgan fingerprint density at radius 2 is 2.04 bits per heavy atom. The van der Waals surface area contributed by atoms with E-state index in [4.69, 9.17) is 10.5 Å². The lowest BCUT2D eigenvalue weighted by atomic mass is 9.65. The van der Waals surface area contributed by atoms with Crippen LogP contribution in [0.15, 0.2) is 24.3 Å². The molecule has 6 heteroatoms. The molecular weight excluding hydrogens is 343 g/mol. The normalized spacial score (nSPS) is 29.2. The van der Waals surface area contributed by atoms with E-state index in [2.05, 4.69) is 5.32 Å². The van der Waals surface area contributed by atoms with E-state index in [9.17, 15) is 9.18 Å². The number of carbonyl (C=O) groups is 1. The van der Waals surface area contributed by atoms with Crippen molar-refractivity contribution in [3.8, 4) is 5.75 Å². The highest BCUT2D eigenvalue weighted by Gasteiger charge is 2.40. The highest BCUT2D eigenvalue weighted by atomic mass is 35.5. The Morgan fingerprint density at radius 3 is 2.68 bits per heavy atom. The molecule has 25 heavy (non-hydrogen) atoms. The second-order valence-electron chi connectivity index (χ2n) is 7.33. The van der Waals surface area contributed by atoms with Gasteiger partial charge in [0.15, 0.2) is 0 Å². The van der Waals surface area contributed by atoms with E-state index in [1.807, 2.05) is 6.92 Å². The van der Waals surface area contributed by atoms with Crippen molar-refractivity contribution in [2.75, 3.05) is 6.54 Å². The van der Waals surface area contributed by atoms with Gasteiger partial charge in [0.25, 0.3) is 0 Å². The smallest absolute Gasteiger partial charge is 0.223 e. The highest BCUT2D eigenvalue weighted by molar-refractivity contribution is 5.85. The predicted molar refractivity (Wildman–Crippen MR) is 98.3 cm³/mol. The number of carbonyl (C=O) groups excluding carboxylic acids is 1. The number of ether oxygens (including phenoxy) is 1. The quantitative estimate of drug-likeness (QED) is 0.835. The monoisotopic (exact) mass is 370 g/mol. The van der Waals surface area contributed by atoms with Crippen LogP contribution < -0.4 is 15.8 Å². The van der Waals surface area contributed by atoms with Crippen LogP contribution in [-0.4, -0.2) is 24.6 Å². The number of amides is 1. The number of nitrogens with two attached hydrogens (primary N) is 1. The number of hydrogen-bond donors (Lipinski definition) is 2. The van der Waals surface area contributed by atoms with Gasteiger partial charge in [0.1, 0.15) is 17.7 Å². The topological polar surface area (TPSA) is 64.4 Å². The third-order valence-corrected chi connectivity index (χ3v) is 5.48. The average molecular weight is 371 g/mol. The van der Waals surface area contributed by atoms with Crippen LogP contribution in [0.1, 0.15) is 39.0 Å². The zero-order valence-corrected chi connectivity index (χ0v) is 15.4. The molecule has 2 aliphatic rings. The Hall–Kier alpha value is -1.33. The largest absolute Gasteiger partial charge is 0.489 e. The van der Waals surface area contributed by atoms with Crippen molar-refractivity contribution in [1.29, 1.82) is 0 Å². The van der Waals surface area contributed by atoms with E-state index in [1.165, 1.54) is 18.6 Å². The van der Waals surface area contributed by atoms with Crippen LogP contribution >= 0.6 is 12.4 Å². The van der Waals surface area contributed by atoms with Gasteiger partial charge >= 0.3 is 0 Å². The summed E-state index contributed by atoms with van der Waals surface area (Å²) in [4.78, 5) is 12.5. The molecule has 0 aromatic heterocycles. The molecule has 2 aliphatic carbocycles. The second kappa shape index (κ2) is 8.86. The summed E-state index contributed by atoms with van der Waals surface area (Å²) in [6.07, 6.45) is 5.16.